The summed E-state index contributed by atoms with van der Waals surface area (Å²) in [4.78, 5) is 0. The van der Waals surface area contributed by atoms with E-state index < -0.39 is 20.8 Å². The van der Waals surface area contributed by atoms with Gasteiger partial charge in [-0.2, -0.15) is 16.8 Å². The van der Waals surface area contributed by atoms with Crippen molar-refractivity contribution < 1.29 is 119 Å². The summed E-state index contributed by atoms with van der Waals surface area (Å²) in [5.74, 6) is 0. The van der Waals surface area contributed by atoms with Crippen molar-refractivity contribution in [2.45, 2.75) is 0 Å². The Bertz CT molecular complexity index is 230. The monoisotopic (exact) mass is 320 g/mol. The van der Waals surface area contributed by atoms with E-state index in [0.29, 0.717) is 0 Å². The molecule has 0 spiro atoms. The van der Waals surface area contributed by atoms with Crippen molar-refractivity contribution in [1.82, 2.24) is 0 Å². The zero-order valence-corrected chi connectivity index (χ0v) is 13.0. The van der Waals surface area contributed by atoms with Crippen LogP contribution < -0.4 is 80.9 Å². The van der Waals surface area contributed by atoms with E-state index in [1.165, 1.54) is 0 Å². The quantitative estimate of drug-likeness (QED) is 0.254. The minimum Gasteiger partial charge on any atom is -1.00 e. The topological polar surface area (TPSA) is 149 Å². The molecule has 0 radical (unpaired) electrons. The van der Waals surface area contributed by atoms with Gasteiger partial charge >= 0.3 is 102 Å². The molecule has 0 saturated carbocycles. The van der Waals surface area contributed by atoms with Crippen LogP contribution in [0, 0.1) is 0 Å². The Kier molecular flexibility index (Phi) is 42.3. The van der Waals surface area contributed by atoms with E-state index in [9.17, 15) is 0 Å². The van der Waals surface area contributed by atoms with Gasteiger partial charge in [0.15, 0.2) is 34.7 Å². The molecule has 0 aliphatic rings. The second-order valence-corrected chi connectivity index (χ2v) is 2.69. The molecule has 0 aliphatic heterocycles. The van der Waals surface area contributed by atoms with Gasteiger partial charge < -0.3 is 2.85 Å². The number of hydrogen-bond donors (Lipinski definition) is 4. The molecule has 0 amide bonds. The Morgan fingerprint density at radius 1 is 0.714 bits per heavy atom. The van der Waals surface area contributed by atoms with E-state index in [0.717, 1.165) is 0 Å². The maximum atomic E-state index is 8.74. The van der Waals surface area contributed by atoms with E-state index >= 15 is 0 Å². The fourth-order valence-corrected chi connectivity index (χ4v) is 0. The van der Waals surface area contributed by atoms with Crippen molar-refractivity contribution in [1.29, 1.82) is 0 Å². The smallest absolute Gasteiger partial charge is 1.00 e. The molecule has 0 aromatic carbocycles. The molecule has 14 heteroatoms. The second kappa shape index (κ2) is 16.4. The fraction of sp³-hybridized carbons (Fsp3) is 0. The van der Waals surface area contributed by atoms with Gasteiger partial charge in [0.25, 0.3) is 0 Å². The van der Waals surface area contributed by atoms with Crippen LogP contribution in [-0.2, 0) is 20.8 Å². The zero-order valence-electron chi connectivity index (χ0n) is 8.24. The van der Waals surface area contributed by atoms with Crippen molar-refractivity contribution in [3.63, 3.8) is 0 Å². The van der Waals surface area contributed by atoms with Crippen LogP contribution in [0.4, 0.5) is 0 Å². The van der Waals surface area contributed by atoms with E-state index in [1.807, 2.05) is 0 Å². The molecule has 80 valence electrons. The molecule has 14 heavy (non-hydrogen) atoms. The molecule has 0 aromatic heterocycles. The normalized spacial score (nSPS) is 8.29. The average Bonchev–Trinajstić information content (AvgIpc) is 1.12. The molecule has 8 nitrogen and oxygen atoms in total. The first-order chi connectivity index (χ1) is 4.00. The molecule has 4 N–H and O–H groups in total. The maximum absolute atomic E-state index is 8.74. The summed E-state index contributed by atoms with van der Waals surface area (Å²) in [5.41, 5.74) is 0. The third-order valence-corrected chi connectivity index (χ3v) is 0. The van der Waals surface area contributed by atoms with Crippen molar-refractivity contribution in [3.05, 3.63) is 0 Å². The van der Waals surface area contributed by atoms with Crippen LogP contribution in [0.5, 0.6) is 0 Å². The molecule has 0 atom stereocenters. The molecule has 0 unspecified atom stereocenters. The van der Waals surface area contributed by atoms with Crippen LogP contribution in [0.15, 0.2) is 0 Å². The van der Waals surface area contributed by atoms with Crippen LogP contribution in [0.3, 0.4) is 0 Å². The molecule has 0 aliphatic carbocycles. The van der Waals surface area contributed by atoms with Crippen molar-refractivity contribution in [2.24, 2.45) is 0 Å². The fourth-order valence-electron chi connectivity index (χ4n) is 0. The summed E-state index contributed by atoms with van der Waals surface area (Å²) in [6.45, 7) is 0. The van der Waals surface area contributed by atoms with Crippen molar-refractivity contribution in [3.8, 4) is 0 Å². The largest absolute Gasteiger partial charge is 1.00 e. The summed E-state index contributed by atoms with van der Waals surface area (Å²) in [6.07, 6.45) is 0. The second-order valence-electron chi connectivity index (χ2n) is 0.896. The SMILES string of the molecule is O=S(=O)(O)O.O=S(=O)(O)O.[AlH3].[AlH3].[H-].[H-].[K+].[Na+]. The Morgan fingerprint density at radius 3 is 0.714 bits per heavy atom. The zero-order chi connectivity index (χ0) is 9.00. The van der Waals surface area contributed by atoms with Gasteiger partial charge in [0.2, 0.25) is 0 Å². The molecule has 0 aromatic rings. The van der Waals surface area contributed by atoms with Gasteiger partial charge in [0.05, 0.1) is 0 Å². The number of hydrogen-bond acceptors (Lipinski definition) is 4. The molecule has 0 heterocycles. The maximum Gasteiger partial charge on any atom is 1.00 e. The van der Waals surface area contributed by atoms with Gasteiger partial charge in [0, 0.05) is 0 Å². The van der Waals surface area contributed by atoms with Crippen LogP contribution in [-0.4, -0.2) is 69.8 Å². The van der Waals surface area contributed by atoms with E-state index in [2.05, 4.69) is 0 Å². The summed E-state index contributed by atoms with van der Waals surface area (Å²) < 4.78 is 63.2. The van der Waals surface area contributed by atoms with Crippen molar-refractivity contribution in [2.75, 3.05) is 0 Å². The van der Waals surface area contributed by atoms with E-state index in [-0.39, 0.29) is 119 Å². The summed E-state index contributed by atoms with van der Waals surface area (Å²) >= 11 is 0. The first-order valence-electron chi connectivity index (χ1n) is 1.40. The summed E-state index contributed by atoms with van der Waals surface area (Å²) in [6, 6.07) is 0. The van der Waals surface area contributed by atoms with Gasteiger partial charge in [0.1, 0.15) is 0 Å². The first kappa shape index (κ1) is 36.0. The Hall–Kier alpha value is 3.44. The van der Waals surface area contributed by atoms with E-state index in [4.69, 9.17) is 35.0 Å². The molecular formula is H12Al2KNaO8S2. The third kappa shape index (κ3) is 272. The van der Waals surface area contributed by atoms with Crippen LogP contribution in [0.25, 0.3) is 0 Å². The van der Waals surface area contributed by atoms with Gasteiger partial charge in [-0.25, -0.2) is 0 Å². The van der Waals surface area contributed by atoms with Crippen LogP contribution in [0.2, 0.25) is 0 Å². The molecule has 0 rings (SSSR count). The van der Waals surface area contributed by atoms with Crippen molar-refractivity contribution >= 4 is 55.5 Å². The number of rotatable bonds is 0. The summed E-state index contributed by atoms with van der Waals surface area (Å²) in [5, 5.41) is 0. The Morgan fingerprint density at radius 2 is 0.714 bits per heavy atom. The van der Waals surface area contributed by atoms with E-state index in [1.54, 1.807) is 0 Å². The predicted octanol–water partition coefficient (Wildman–Crippen LogP) is -9.44. The minimum atomic E-state index is -4.67. The standard InChI is InChI=1S/2Al.K.Na.2H2O4S.8H/c;;;;2*1-5(2,3)4;;;;;;;;/h;;;;2*(H2,1,2,3,4);;;;;;;;/q;;2*+1;;;;;;;;;2*-1. The minimum absolute atomic E-state index is 0. The van der Waals surface area contributed by atoms with Crippen LogP contribution >= 0.6 is 0 Å². The molecule has 0 fully saturated rings. The van der Waals surface area contributed by atoms with Crippen LogP contribution in [0.1, 0.15) is 2.85 Å². The third-order valence-electron chi connectivity index (χ3n) is 0. The molecule has 0 bridgehead atoms. The van der Waals surface area contributed by atoms with Gasteiger partial charge in [-0.05, 0) is 0 Å². The predicted molar refractivity (Wildman–Crippen MR) is 50.5 cm³/mol. The average molecular weight is 320 g/mol. The Labute approximate surface area is 171 Å². The van der Waals surface area contributed by atoms with Gasteiger partial charge in [-0.3, -0.25) is 18.2 Å². The first-order valence-corrected chi connectivity index (χ1v) is 4.19. The molecule has 0 saturated heterocycles. The Balaban J connectivity index is -0.00000000970. The summed E-state index contributed by atoms with van der Waals surface area (Å²) in [7, 11) is -9.33. The molecular weight excluding hydrogens is 308 g/mol. The van der Waals surface area contributed by atoms with Gasteiger partial charge in [-0.1, -0.05) is 0 Å². The van der Waals surface area contributed by atoms with Gasteiger partial charge in [-0.15, -0.1) is 0 Å².